The molecule has 0 aliphatic rings. The molecule has 4 aromatic rings. The van der Waals surface area contributed by atoms with Gasteiger partial charge < -0.3 is 10.8 Å². The van der Waals surface area contributed by atoms with Crippen LogP contribution in [0.1, 0.15) is 30.1 Å². The van der Waals surface area contributed by atoms with Crippen LogP contribution in [0.2, 0.25) is 0 Å². The zero-order chi connectivity index (χ0) is 32.3. The van der Waals surface area contributed by atoms with Gasteiger partial charge in [0.15, 0.2) is 0 Å². The number of thiazole rings is 1. The number of hydrogen-bond acceptors (Lipinski definition) is 7. The smallest absolute Gasteiger partial charge is 0.335 e. The zero-order valence-electron chi connectivity index (χ0n) is 24.0. The average Bonchev–Trinajstić information content (AvgIpc) is 3.69. The second-order valence-electron chi connectivity index (χ2n) is 8.12. The van der Waals surface area contributed by atoms with E-state index in [1.807, 2.05) is 11.4 Å². The van der Waals surface area contributed by atoms with Crippen molar-refractivity contribution in [3.8, 4) is 21.8 Å². The van der Waals surface area contributed by atoms with Crippen LogP contribution in [-0.4, -0.2) is 31.0 Å². The van der Waals surface area contributed by atoms with E-state index in [1.165, 1.54) is 22.7 Å². The minimum atomic E-state index is -1.18. The van der Waals surface area contributed by atoms with Gasteiger partial charge in [-0.05, 0) is 96.4 Å². The number of carboxylic acids is 1. The molecule has 9 heteroatoms. The fourth-order valence-corrected chi connectivity index (χ4v) is 6.75. The van der Waals surface area contributed by atoms with E-state index in [0.717, 1.165) is 34.4 Å². The van der Waals surface area contributed by atoms with Crippen LogP contribution in [0.3, 0.4) is 0 Å². The number of rotatable bonds is 7. The topological polar surface area (TPSA) is 106 Å². The fourth-order valence-electron chi connectivity index (χ4n) is 3.36. The number of hydrogen-bond donors (Lipinski definition) is 2. The summed E-state index contributed by atoms with van der Waals surface area (Å²) in [5.74, 6) is -0.413. The highest BCUT2D eigenvalue weighted by molar-refractivity contribution is 7.87. The van der Waals surface area contributed by atoms with Gasteiger partial charge in [-0.3, -0.25) is 4.21 Å². The monoisotopic (exact) mass is 633 g/mol. The number of unbranched alkanes of at least 4 members (excludes halogenated alkanes) is 1. The van der Waals surface area contributed by atoms with Crippen molar-refractivity contribution in [2.75, 3.05) is 11.5 Å². The van der Waals surface area contributed by atoms with Crippen molar-refractivity contribution < 1.29 is 14.1 Å². The lowest BCUT2D eigenvalue weighted by molar-refractivity contribution is 0.0697. The van der Waals surface area contributed by atoms with Crippen molar-refractivity contribution in [2.45, 2.75) is 24.0 Å². The first-order chi connectivity index (χ1) is 21.3. The molecule has 218 valence electrons. The van der Waals surface area contributed by atoms with Gasteiger partial charge in [0, 0.05) is 22.7 Å². The molecule has 1 atom stereocenters. The van der Waals surface area contributed by atoms with Gasteiger partial charge in [0.05, 0.1) is 22.1 Å². The number of nitrogen functional groups attached to an aromatic ring is 1. The summed E-state index contributed by atoms with van der Waals surface area (Å²) in [6.07, 6.45) is 3.55. The average molecular weight is 634 g/mol. The van der Waals surface area contributed by atoms with Crippen molar-refractivity contribution in [3.63, 3.8) is 0 Å². The Bertz CT molecular complexity index is 1930. The summed E-state index contributed by atoms with van der Waals surface area (Å²) in [6.45, 7) is 15.0. The lowest BCUT2D eigenvalue weighted by Crippen LogP contribution is -1.99. The Morgan fingerprint density at radius 3 is 2.05 bits per heavy atom. The van der Waals surface area contributed by atoms with Gasteiger partial charge in [0.1, 0.15) is 19.7 Å². The highest BCUT2D eigenvalue weighted by atomic mass is 32.2. The second kappa shape index (κ2) is 19.0. The standard InChI is InChI=1S/C21H19N3O3S3.2C7H4/c1-2-3-10-30(27)21-17(22)16-14(12-4-6-13(7-5-12)20(25)26)11-15(24-19(16)29-21)18-23-8-9-28-18;2*1-3-5-7-6-4-2/h4-9,11H,2-3,10,22H2,1H3,(H,25,26);2*1-2H2. The number of pyridine rings is 1. The SMILES string of the molecule is C=C=C=C=C=C=C.C=C=C=C=C=C=C.CCCCS(=O)c1sc2nc(-c3nccs3)cc(-c3ccc(C(=O)O)cc3)c2c1N. The van der Waals surface area contributed by atoms with E-state index in [-0.39, 0.29) is 5.56 Å². The van der Waals surface area contributed by atoms with Crippen molar-refractivity contribution >= 4 is 55.3 Å². The largest absolute Gasteiger partial charge is 0.478 e. The summed E-state index contributed by atoms with van der Waals surface area (Å²) in [6, 6.07) is 8.56. The number of carbonyl (C=O) groups is 1. The molecule has 0 saturated heterocycles. The number of nitrogens with zero attached hydrogens (tertiary/aromatic N) is 2. The summed E-state index contributed by atoms with van der Waals surface area (Å²) >= 11 is 2.84. The van der Waals surface area contributed by atoms with Crippen molar-refractivity contribution in [3.05, 3.63) is 131 Å². The Morgan fingerprint density at radius 2 is 1.57 bits per heavy atom. The number of aromatic carboxylic acids is 1. The summed E-state index contributed by atoms with van der Waals surface area (Å²) in [5, 5.41) is 12.6. The van der Waals surface area contributed by atoms with E-state index in [2.05, 4.69) is 95.5 Å². The molecule has 0 radical (unpaired) electrons. The van der Waals surface area contributed by atoms with Crippen LogP contribution in [-0.2, 0) is 10.8 Å². The van der Waals surface area contributed by atoms with Crippen LogP contribution >= 0.6 is 22.7 Å². The maximum atomic E-state index is 12.8. The maximum Gasteiger partial charge on any atom is 0.335 e. The zero-order valence-corrected chi connectivity index (χ0v) is 26.4. The third-order valence-electron chi connectivity index (χ3n) is 5.25. The molecule has 3 aromatic heterocycles. The van der Waals surface area contributed by atoms with Crippen LogP contribution in [0, 0.1) is 0 Å². The molecule has 1 aromatic carbocycles. The number of carboxylic acid groups (broad SMARTS) is 1. The summed E-state index contributed by atoms with van der Waals surface area (Å²) in [5.41, 5.74) is 33.5. The van der Waals surface area contributed by atoms with E-state index >= 15 is 0 Å². The molecule has 0 aliphatic carbocycles. The van der Waals surface area contributed by atoms with Crippen LogP contribution in [0.4, 0.5) is 5.69 Å². The molecule has 0 aliphatic heterocycles. The Kier molecular flexibility index (Phi) is 15.0. The lowest BCUT2D eigenvalue weighted by atomic mass is 10.0. The molecular formula is C35H27N3O3S3. The first-order valence-corrected chi connectivity index (χ1v) is 15.8. The number of benzene rings is 1. The Morgan fingerprint density at radius 1 is 0.977 bits per heavy atom. The number of fused-ring (bicyclic) bond motifs is 1. The van der Waals surface area contributed by atoms with Crippen LogP contribution in [0.15, 0.2) is 130 Å². The molecule has 3 heterocycles. The van der Waals surface area contributed by atoms with Crippen LogP contribution in [0.5, 0.6) is 0 Å². The van der Waals surface area contributed by atoms with Gasteiger partial charge in [-0.25, -0.2) is 14.8 Å². The van der Waals surface area contributed by atoms with Crippen molar-refractivity contribution in [1.82, 2.24) is 9.97 Å². The molecule has 1 unspecified atom stereocenters. The Labute approximate surface area is 266 Å². The summed E-state index contributed by atoms with van der Waals surface area (Å²) < 4.78 is 13.5. The number of nitrogens with two attached hydrogens (primary N) is 1. The third-order valence-corrected chi connectivity index (χ3v) is 9.04. The summed E-state index contributed by atoms with van der Waals surface area (Å²) in [7, 11) is -1.18. The second-order valence-corrected chi connectivity index (χ2v) is 11.8. The normalized spacial score (nSPS) is 9.48. The molecule has 6 nitrogen and oxygen atoms in total. The molecule has 44 heavy (non-hydrogen) atoms. The van der Waals surface area contributed by atoms with E-state index in [0.29, 0.717) is 26.2 Å². The van der Waals surface area contributed by atoms with Gasteiger partial charge in [-0.2, -0.15) is 0 Å². The predicted molar refractivity (Wildman–Crippen MR) is 181 cm³/mol. The fraction of sp³-hybridized carbons (Fsp3) is 0.114. The highest BCUT2D eigenvalue weighted by Gasteiger charge is 2.21. The first-order valence-electron chi connectivity index (χ1n) is 12.8. The third kappa shape index (κ3) is 10.2. The Balaban J connectivity index is 0.000000402. The van der Waals surface area contributed by atoms with E-state index in [9.17, 15) is 14.1 Å². The van der Waals surface area contributed by atoms with Crippen molar-refractivity contribution in [2.24, 2.45) is 0 Å². The van der Waals surface area contributed by atoms with Gasteiger partial charge in [-0.1, -0.05) is 48.4 Å². The molecule has 0 spiro atoms. The molecular weight excluding hydrogens is 607 g/mol. The number of thiophene rings is 1. The van der Waals surface area contributed by atoms with Gasteiger partial charge in [0.2, 0.25) is 0 Å². The van der Waals surface area contributed by atoms with Crippen molar-refractivity contribution in [1.29, 1.82) is 0 Å². The van der Waals surface area contributed by atoms with Crippen LogP contribution in [0.25, 0.3) is 32.0 Å². The minimum absolute atomic E-state index is 0.212. The quantitative estimate of drug-likeness (QED) is 0.198. The number of anilines is 1. The van der Waals surface area contributed by atoms with Gasteiger partial charge in [-0.15, -0.1) is 22.7 Å². The summed E-state index contributed by atoms with van der Waals surface area (Å²) in [4.78, 5) is 21.0. The molecule has 0 fully saturated rings. The van der Waals surface area contributed by atoms with Gasteiger partial charge in [0.25, 0.3) is 0 Å². The number of aromatic nitrogens is 2. The Hall–Kier alpha value is -5.34. The molecule has 0 bridgehead atoms. The molecule has 4 rings (SSSR count). The minimum Gasteiger partial charge on any atom is -0.478 e. The predicted octanol–water partition coefficient (Wildman–Crippen LogP) is 8.43. The molecule has 0 saturated carbocycles. The molecule has 0 amide bonds. The first kappa shape index (κ1) is 34.9. The molecule has 3 N–H and O–H groups in total. The lowest BCUT2D eigenvalue weighted by Gasteiger charge is -2.08. The van der Waals surface area contributed by atoms with Crippen LogP contribution < -0.4 is 5.73 Å². The highest BCUT2D eigenvalue weighted by Crippen LogP contribution is 2.43. The maximum absolute atomic E-state index is 12.8. The van der Waals surface area contributed by atoms with E-state index in [1.54, 1.807) is 30.5 Å². The van der Waals surface area contributed by atoms with Gasteiger partial charge >= 0.3 is 5.97 Å². The van der Waals surface area contributed by atoms with E-state index in [4.69, 9.17) is 10.7 Å². The van der Waals surface area contributed by atoms with E-state index < -0.39 is 16.8 Å².